The van der Waals surface area contributed by atoms with Crippen LogP contribution in [0, 0.1) is 11.8 Å². The monoisotopic (exact) mass is 337 g/mol. The van der Waals surface area contributed by atoms with E-state index in [-0.39, 0.29) is 11.8 Å². The highest BCUT2D eigenvalue weighted by Crippen LogP contribution is 2.34. The molecule has 0 aliphatic carbocycles. The third-order valence-corrected chi connectivity index (χ3v) is 7.15. The zero-order chi connectivity index (χ0) is 16.4. The van der Waals surface area contributed by atoms with Gasteiger partial charge in [0.25, 0.3) is 10.2 Å². The van der Waals surface area contributed by atoms with Crippen LogP contribution in [0.2, 0.25) is 0 Å². The van der Waals surface area contributed by atoms with Crippen LogP contribution in [0.4, 0.5) is 0 Å². The van der Waals surface area contributed by atoms with Gasteiger partial charge in [0, 0.05) is 32.1 Å². The predicted octanol–water partition coefficient (Wildman–Crippen LogP) is 1.64. The van der Waals surface area contributed by atoms with Gasteiger partial charge >= 0.3 is 0 Å². The molecule has 23 heavy (non-hydrogen) atoms. The van der Waals surface area contributed by atoms with Crippen molar-refractivity contribution in [2.24, 2.45) is 17.6 Å². The van der Waals surface area contributed by atoms with Gasteiger partial charge in [-0.2, -0.15) is 17.0 Å². The number of nitrogens with two attached hydrogens (primary N) is 1. The molecule has 0 radical (unpaired) electrons. The van der Waals surface area contributed by atoms with Crippen LogP contribution in [0.25, 0.3) is 0 Å². The number of rotatable bonds is 4. The van der Waals surface area contributed by atoms with E-state index >= 15 is 0 Å². The zero-order valence-corrected chi connectivity index (χ0v) is 14.6. The average molecular weight is 337 g/mol. The Morgan fingerprint density at radius 2 is 1.87 bits per heavy atom. The molecule has 5 nitrogen and oxygen atoms in total. The molecule has 0 spiro atoms. The van der Waals surface area contributed by atoms with E-state index in [0.717, 1.165) is 12.8 Å². The van der Waals surface area contributed by atoms with Gasteiger partial charge in [0.05, 0.1) is 0 Å². The number of hydrogen-bond acceptors (Lipinski definition) is 3. The molecule has 1 unspecified atom stereocenters. The Labute approximate surface area is 139 Å². The van der Waals surface area contributed by atoms with Crippen molar-refractivity contribution in [3.8, 4) is 0 Å². The summed E-state index contributed by atoms with van der Waals surface area (Å²) < 4.78 is 29.3. The molecular weight excluding hydrogens is 310 g/mol. The lowest BCUT2D eigenvalue weighted by molar-refractivity contribution is 0.263. The molecule has 0 amide bonds. The van der Waals surface area contributed by atoms with E-state index < -0.39 is 10.2 Å². The van der Waals surface area contributed by atoms with Crippen LogP contribution < -0.4 is 5.73 Å². The number of nitrogens with zero attached hydrogens (tertiary/aromatic N) is 2. The predicted molar refractivity (Wildman–Crippen MR) is 92.2 cm³/mol. The highest BCUT2D eigenvalue weighted by molar-refractivity contribution is 7.86. The fourth-order valence-electron chi connectivity index (χ4n) is 3.86. The van der Waals surface area contributed by atoms with Gasteiger partial charge in [0.2, 0.25) is 0 Å². The maximum Gasteiger partial charge on any atom is 0.282 e. The first-order chi connectivity index (χ1) is 11.0. The van der Waals surface area contributed by atoms with Crippen molar-refractivity contribution in [2.75, 3.05) is 32.7 Å². The molecule has 0 aromatic heterocycles. The molecule has 2 aliphatic heterocycles. The van der Waals surface area contributed by atoms with Gasteiger partial charge in [-0.15, -0.1) is 0 Å². The molecule has 1 aromatic rings. The van der Waals surface area contributed by atoms with Crippen molar-refractivity contribution in [3.63, 3.8) is 0 Å². The van der Waals surface area contributed by atoms with Crippen molar-refractivity contribution in [1.82, 2.24) is 8.61 Å². The Hall–Kier alpha value is -0.950. The van der Waals surface area contributed by atoms with Gasteiger partial charge in [-0.3, -0.25) is 0 Å². The van der Waals surface area contributed by atoms with Gasteiger partial charge in [-0.1, -0.05) is 37.3 Å². The van der Waals surface area contributed by atoms with Crippen LogP contribution in [0.1, 0.15) is 31.2 Å². The summed E-state index contributed by atoms with van der Waals surface area (Å²) in [4.78, 5) is 0. The first kappa shape index (κ1) is 16.9. The smallest absolute Gasteiger partial charge is 0.282 e. The van der Waals surface area contributed by atoms with Crippen molar-refractivity contribution in [2.45, 2.75) is 25.7 Å². The topological polar surface area (TPSA) is 66.6 Å². The van der Waals surface area contributed by atoms with Crippen molar-refractivity contribution in [3.05, 3.63) is 35.9 Å². The number of benzene rings is 1. The standard InChI is InChI=1S/C17H27N3O2S/c1-14-6-5-9-19(11-14)23(21,22)20-12-16(10-18)17(13-20)15-7-3-2-4-8-15/h2-4,7-8,14,16-17H,5-6,9-13,18H2,1H3/t14?,16-,17+/m1/s1. The quantitative estimate of drug-likeness (QED) is 0.908. The Morgan fingerprint density at radius 3 is 2.52 bits per heavy atom. The van der Waals surface area contributed by atoms with Crippen LogP contribution in [0.15, 0.2) is 30.3 Å². The molecule has 3 rings (SSSR count). The average Bonchev–Trinajstić information content (AvgIpc) is 3.01. The number of hydrogen-bond donors (Lipinski definition) is 1. The van der Waals surface area contributed by atoms with Gasteiger partial charge in [-0.05, 0) is 36.8 Å². The van der Waals surface area contributed by atoms with Crippen molar-refractivity contribution < 1.29 is 8.42 Å². The van der Waals surface area contributed by atoms with Crippen LogP contribution in [-0.2, 0) is 10.2 Å². The van der Waals surface area contributed by atoms with Crippen LogP contribution >= 0.6 is 0 Å². The molecule has 2 N–H and O–H groups in total. The summed E-state index contributed by atoms with van der Waals surface area (Å²) in [6.07, 6.45) is 2.07. The lowest BCUT2D eigenvalue weighted by Gasteiger charge is -2.33. The second kappa shape index (κ2) is 6.89. The summed E-state index contributed by atoms with van der Waals surface area (Å²) >= 11 is 0. The molecule has 2 fully saturated rings. The molecule has 1 aromatic carbocycles. The highest BCUT2D eigenvalue weighted by Gasteiger charge is 2.41. The molecule has 2 heterocycles. The molecule has 2 saturated heterocycles. The van der Waals surface area contributed by atoms with E-state index in [1.807, 2.05) is 18.2 Å². The minimum atomic E-state index is -3.37. The summed E-state index contributed by atoms with van der Waals surface area (Å²) in [6.45, 7) is 5.00. The first-order valence-corrected chi connectivity index (χ1v) is 9.92. The van der Waals surface area contributed by atoms with Gasteiger partial charge in [-0.25, -0.2) is 0 Å². The molecule has 128 valence electrons. The Morgan fingerprint density at radius 1 is 1.13 bits per heavy atom. The summed E-state index contributed by atoms with van der Waals surface area (Å²) in [6, 6.07) is 10.1. The van der Waals surface area contributed by atoms with Crippen LogP contribution in [-0.4, -0.2) is 49.8 Å². The Bertz CT molecular complexity index is 620. The van der Waals surface area contributed by atoms with E-state index in [4.69, 9.17) is 5.73 Å². The van der Waals surface area contributed by atoms with Gasteiger partial charge in [0.1, 0.15) is 0 Å². The third kappa shape index (κ3) is 3.45. The molecule has 6 heteroatoms. The molecule has 3 atom stereocenters. The fourth-order valence-corrected chi connectivity index (χ4v) is 5.71. The van der Waals surface area contributed by atoms with Crippen molar-refractivity contribution in [1.29, 1.82) is 0 Å². The fraction of sp³-hybridized carbons (Fsp3) is 0.647. The summed E-state index contributed by atoms with van der Waals surface area (Å²) in [5, 5.41) is 0. The molecule has 2 aliphatic rings. The lowest BCUT2D eigenvalue weighted by Crippen LogP contribution is -2.47. The molecule has 0 saturated carbocycles. The molecule has 0 bridgehead atoms. The van der Waals surface area contributed by atoms with E-state index in [9.17, 15) is 8.42 Å². The number of piperidine rings is 1. The van der Waals surface area contributed by atoms with E-state index in [2.05, 4.69) is 19.1 Å². The maximum absolute atomic E-state index is 13.0. The van der Waals surface area contributed by atoms with Crippen LogP contribution in [0.5, 0.6) is 0 Å². The van der Waals surface area contributed by atoms with E-state index in [1.54, 1.807) is 8.61 Å². The highest BCUT2D eigenvalue weighted by atomic mass is 32.2. The second-order valence-electron chi connectivity index (χ2n) is 6.94. The summed E-state index contributed by atoms with van der Waals surface area (Å²) in [5.74, 6) is 0.823. The van der Waals surface area contributed by atoms with Crippen LogP contribution in [0.3, 0.4) is 0 Å². The maximum atomic E-state index is 13.0. The van der Waals surface area contributed by atoms with Crippen molar-refractivity contribution >= 4 is 10.2 Å². The second-order valence-corrected chi connectivity index (χ2v) is 8.87. The summed E-state index contributed by atoms with van der Waals surface area (Å²) in [7, 11) is -3.37. The van der Waals surface area contributed by atoms with Gasteiger partial charge < -0.3 is 5.73 Å². The third-order valence-electron chi connectivity index (χ3n) is 5.21. The van der Waals surface area contributed by atoms with E-state index in [1.165, 1.54) is 5.56 Å². The first-order valence-electron chi connectivity index (χ1n) is 8.52. The van der Waals surface area contributed by atoms with Gasteiger partial charge in [0.15, 0.2) is 0 Å². The van der Waals surface area contributed by atoms with E-state index in [0.29, 0.717) is 38.6 Å². The largest absolute Gasteiger partial charge is 0.330 e. The normalized spacial score (nSPS) is 30.6. The Balaban J connectivity index is 1.78. The summed E-state index contributed by atoms with van der Waals surface area (Å²) in [5.41, 5.74) is 7.12. The minimum absolute atomic E-state index is 0.189. The minimum Gasteiger partial charge on any atom is -0.330 e. The molecular formula is C17H27N3O2S. The Kier molecular flexibility index (Phi) is 5.06. The lowest BCUT2D eigenvalue weighted by atomic mass is 9.89. The SMILES string of the molecule is CC1CCCN(S(=O)(=O)N2C[C@@H](CN)[C@H](c3ccccc3)C2)C1. The zero-order valence-electron chi connectivity index (χ0n) is 13.8.